The molecule has 0 saturated carbocycles. The van der Waals surface area contributed by atoms with Crippen LogP contribution in [0.5, 0.6) is 0 Å². The van der Waals surface area contributed by atoms with Crippen molar-refractivity contribution in [3.05, 3.63) is 55.7 Å². The first-order chi connectivity index (χ1) is 12.1. The Morgan fingerprint density at radius 3 is 2.69 bits per heavy atom. The minimum atomic E-state index is -0.753. The Morgan fingerprint density at radius 2 is 2.04 bits per heavy atom. The van der Waals surface area contributed by atoms with Crippen molar-refractivity contribution in [3.8, 4) is 0 Å². The number of allylic oxidation sites excluding steroid dienone is 3. The maximum Gasteiger partial charge on any atom is 0.336 e. The van der Waals surface area contributed by atoms with Crippen LogP contribution in [-0.2, 0) is 14.3 Å². The second-order valence-corrected chi connectivity index (χ2v) is 8.83. The molecule has 0 radical (unpaired) electrons. The number of ketones is 1. The molecule has 3 rings (SSSR count). The van der Waals surface area contributed by atoms with Crippen molar-refractivity contribution >= 4 is 34.3 Å². The molecule has 1 N–H and O–H groups in total. The fraction of sp³-hybridized carbons (Fsp3) is 0.400. The zero-order valence-electron chi connectivity index (χ0n) is 15.2. The summed E-state index contributed by atoms with van der Waals surface area (Å²) in [5, 5.41) is 3.22. The molecule has 0 spiro atoms. The summed E-state index contributed by atoms with van der Waals surface area (Å²) < 4.78 is 20.5. The molecule has 0 aromatic heterocycles. The number of hydrogen-bond acceptors (Lipinski definition) is 4. The molecule has 0 saturated heterocycles. The fourth-order valence-corrected chi connectivity index (χ4v) is 4.38. The number of dihydropyridines is 1. The molecule has 1 aromatic carbocycles. The van der Waals surface area contributed by atoms with E-state index in [0.29, 0.717) is 35.2 Å². The summed E-state index contributed by atoms with van der Waals surface area (Å²) >= 11 is 2.10. The van der Waals surface area contributed by atoms with Crippen LogP contribution in [0.3, 0.4) is 0 Å². The van der Waals surface area contributed by atoms with Crippen molar-refractivity contribution in [1.29, 1.82) is 0 Å². The number of benzene rings is 1. The zero-order chi connectivity index (χ0) is 19.2. The van der Waals surface area contributed by atoms with Crippen LogP contribution < -0.4 is 5.32 Å². The number of carbonyl (C=O) groups is 2. The summed E-state index contributed by atoms with van der Waals surface area (Å²) in [7, 11) is 1.29. The second kappa shape index (κ2) is 6.79. The van der Waals surface area contributed by atoms with E-state index in [2.05, 4.69) is 27.9 Å². The maximum atomic E-state index is 14.7. The molecule has 1 atom stereocenters. The molecule has 1 aliphatic carbocycles. The molecule has 2 aliphatic rings. The van der Waals surface area contributed by atoms with Gasteiger partial charge in [0.1, 0.15) is 5.82 Å². The number of hydrogen-bond donors (Lipinski definition) is 1. The minimum Gasteiger partial charge on any atom is -0.466 e. The van der Waals surface area contributed by atoms with Crippen LogP contribution in [0.1, 0.15) is 45.1 Å². The number of carbonyl (C=O) groups excluding carboxylic acids is 2. The number of esters is 1. The summed E-state index contributed by atoms with van der Waals surface area (Å²) in [5.74, 6) is -1.80. The Kier molecular flexibility index (Phi) is 4.98. The van der Waals surface area contributed by atoms with E-state index in [-0.39, 0.29) is 11.2 Å². The predicted octanol–water partition coefficient (Wildman–Crippen LogP) is 4.21. The number of nitrogens with one attached hydrogen (secondary N) is 1. The van der Waals surface area contributed by atoms with Gasteiger partial charge in [0.15, 0.2) is 5.78 Å². The monoisotopic (exact) mass is 469 g/mol. The molecule has 26 heavy (non-hydrogen) atoms. The van der Waals surface area contributed by atoms with Gasteiger partial charge in [-0.25, -0.2) is 9.18 Å². The fourth-order valence-electron chi connectivity index (χ4n) is 3.86. The molecule has 138 valence electrons. The predicted molar refractivity (Wildman–Crippen MR) is 105 cm³/mol. The van der Waals surface area contributed by atoms with Gasteiger partial charge in [-0.2, -0.15) is 0 Å². The van der Waals surface area contributed by atoms with Gasteiger partial charge in [-0.1, -0.05) is 13.8 Å². The maximum absolute atomic E-state index is 14.7. The van der Waals surface area contributed by atoms with Gasteiger partial charge in [-0.15, -0.1) is 0 Å². The topological polar surface area (TPSA) is 55.4 Å². The molecule has 0 fully saturated rings. The van der Waals surface area contributed by atoms with Crippen molar-refractivity contribution in [1.82, 2.24) is 5.32 Å². The molecule has 6 heteroatoms. The highest BCUT2D eigenvalue weighted by atomic mass is 127. The van der Waals surface area contributed by atoms with Crippen LogP contribution in [0.25, 0.3) is 0 Å². The molecule has 0 amide bonds. The summed E-state index contributed by atoms with van der Waals surface area (Å²) in [6.45, 7) is 5.83. The summed E-state index contributed by atoms with van der Waals surface area (Å²) in [6, 6.07) is 4.73. The average Bonchev–Trinajstić information content (AvgIpc) is 2.54. The molecule has 0 bridgehead atoms. The lowest BCUT2D eigenvalue weighted by Gasteiger charge is -2.39. The summed E-state index contributed by atoms with van der Waals surface area (Å²) in [6.07, 6.45) is 1.03. The van der Waals surface area contributed by atoms with Crippen molar-refractivity contribution in [2.45, 2.75) is 39.5 Å². The normalized spacial score (nSPS) is 22.1. The third-order valence-electron chi connectivity index (χ3n) is 4.91. The quantitative estimate of drug-likeness (QED) is 0.521. The number of Topliss-reactive ketones (excluding diaryl/α,β-unsaturated/α-hetero) is 1. The standard InChI is InChI=1S/C20H21FINO3/c1-10-16(19(25)26-4)17(12-7-11(22)5-6-13(12)21)18-14(23-10)8-20(2,3)9-15(18)24/h5-7,17,23H,8-9H2,1-4H3/t17-/m1/s1. The molecular weight excluding hydrogens is 448 g/mol. The van der Waals surface area contributed by atoms with Crippen molar-refractivity contribution in [3.63, 3.8) is 0 Å². The van der Waals surface area contributed by atoms with Gasteiger partial charge in [0.05, 0.1) is 18.6 Å². The van der Waals surface area contributed by atoms with E-state index in [1.54, 1.807) is 19.1 Å². The van der Waals surface area contributed by atoms with E-state index in [1.807, 2.05) is 13.8 Å². The number of halogens is 2. The van der Waals surface area contributed by atoms with Crippen molar-refractivity contribution in [2.75, 3.05) is 7.11 Å². The molecular formula is C20H21FINO3. The Hall–Kier alpha value is -1.70. The Labute approximate surface area is 166 Å². The van der Waals surface area contributed by atoms with Crippen LogP contribution >= 0.6 is 22.6 Å². The summed E-state index contributed by atoms with van der Waals surface area (Å²) in [5.41, 5.74) is 2.30. The van der Waals surface area contributed by atoms with E-state index in [4.69, 9.17) is 4.74 Å². The van der Waals surface area contributed by atoms with Crippen LogP contribution in [0.15, 0.2) is 40.7 Å². The molecule has 4 nitrogen and oxygen atoms in total. The van der Waals surface area contributed by atoms with Gasteiger partial charge in [0.2, 0.25) is 0 Å². The highest BCUT2D eigenvalue weighted by Crippen LogP contribution is 2.47. The number of methoxy groups -OCH3 is 1. The van der Waals surface area contributed by atoms with Gasteiger partial charge in [0, 0.05) is 32.5 Å². The van der Waals surface area contributed by atoms with Crippen molar-refractivity contribution < 1.29 is 18.7 Å². The lowest BCUT2D eigenvalue weighted by atomic mass is 9.68. The first-order valence-corrected chi connectivity index (χ1v) is 9.50. The smallest absolute Gasteiger partial charge is 0.336 e. The summed E-state index contributed by atoms with van der Waals surface area (Å²) in [4.78, 5) is 25.5. The highest BCUT2D eigenvalue weighted by molar-refractivity contribution is 14.1. The lowest BCUT2D eigenvalue weighted by molar-refractivity contribution is -0.136. The lowest BCUT2D eigenvalue weighted by Crippen LogP contribution is -2.38. The van der Waals surface area contributed by atoms with Crippen LogP contribution in [0.2, 0.25) is 0 Å². The highest BCUT2D eigenvalue weighted by Gasteiger charge is 2.43. The van der Waals surface area contributed by atoms with Gasteiger partial charge in [0.25, 0.3) is 0 Å². The molecule has 1 aliphatic heterocycles. The Morgan fingerprint density at radius 1 is 1.35 bits per heavy atom. The van der Waals surface area contributed by atoms with Gasteiger partial charge >= 0.3 is 5.97 Å². The van der Waals surface area contributed by atoms with Crippen LogP contribution in [-0.4, -0.2) is 18.9 Å². The Balaban J connectivity index is 2.26. The largest absolute Gasteiger partial charge is 0.466 e. The van der Waals surface area contributed by atoms with Gasteiger partial charge < -0.3 is 10.1 Å². The van der Waals surface area contributed by atoms with Gasteiger partial charge in [-0.3, -0.25) is 4.79 Å². The minimum absolute atomic E-state index is 0.0547. The second-order valence-electron chi connectivity index (χ2n) is 7.59. The SMILES string of the molecule is COC(=O)C1=C(C)NC2=C(C(=O)CC(C)(C)C2)[C@@H]1c1cc(I)ccc1F. The van der Waals surface area contributed by atoms with Gasteiger partial charge in [-0.05, 0) is 59.5 Å². The molecule has 1 aromatic rings. The third kappa shape index (κ3) is 3.31. The van der Waals surface area contributed by atoms with E-state index < -0.39 is 17.7 Å². The van der Waals surface area contributed by atoms with Crippen LogP contribution in [0.4, 0.5) is 4.39 Å². The van der Waals surface area contributed by atoms with E-state index in [9.17, 15) is 14.0 Å². The Bertz CT molecular complexity index is 870. The number of rotatable bonds is 2. The van der Waals surface area contributed by atoms with E-state index in [0.717, 1.165) is 9.27 Å². The van der Waals surface area contributed by atoms with E-state index in [1.165, 1.54) is 13.2 Å². The average molecular weight is 469 g/mol. The van der Waals surface area contributed by atoms with Crippen LogP contribution in [0, 0.1) is 14.8 Å². The number of ether oxygens (including phenoxy) is 1. The molecule has 0 unspecified atom stereocenters. The first kappa shape index (κ1) is 19.1. The van der Waals surface area contributed by atoms with Crippen molar-refractivity contribution in [2.24, 2.45) is 5.41 Å². The first-order valence-electron chi connectivity index (χ1n) is 8.42. The molecule has 1 heterocycles. The third-order valence-corrected chi connectivity index (χ3v) is 5.59. The van der Waals surface area contributed by atoms with E-state index >= 15 is 0 Å². The zero-order valence-corrected chi connectivity index (χ0v) is 17.4.